The predicted octanol–water partition coefficient (Wildman–Crippen LogP) is 3.18. The Balaban J connectivity index is 2.13. The largest absolute Gasteiger partial charge is 0.512 e. The van der Waals surface area contributed by atoms with Crippen LogP contribution >= 0.6 is 0 Å². The van der Waals surface area contributed by atoms with Crippen molar-refractivity contribution in [2.24, 2.45) is 5.73 Å². The van der Waals surface area contributed by atoms with Crippen molar-refractivity contribution in [2.45, 2.75) is 12.6 Å². The summed E-state index contributed by atoms with van der Waals surface area (Å²) in [6.45, 7) is 2.60. The lowest BCUT2D eigenvalue weighted by Crippen LogP contribution is -2.46. The monoisotopic (exact) mass is 273 g/mol. The van der Waals surface area contributed by atoms with Gasteiger partial charge in [0.15, 0.2) is 0 Å². The van der Waals surface area contributed by atoms with Gasteiger partial charge in [0.25, 0.3) is 0 Å². The summed E-state index contributed by atoms with van der Waals surface area (Å²) in [5, 5.41) is 0. The molecule has 2 aromatic carbocycles. The lowest BCUT2D eigenvalue weighted by molar-refractivity contribution is 0.389. The van der Waals surface area contributed by atoms with Gasteiger partial charge in [0.1, 0.15) is 11.5 Å². The summed E-state index contributed by atoms with van der Waals surface area (Å²) >= 11 is 0. The molecule has 0 spiro atoms. The van der Waals surface area contributed by atoms with Gasteiger partial charge in [-0.1, -0.05) is 36.4 Å². The summed E-state index contributed by atoms with van der Waals surface area (Å²) in [5.41, 5.74) is 5.70. The molecule has 2 rings (SSSR count). The Morgan fingerprint density at radius 3 is 1.63 bits per heavy atom. The molecule has 0 aliphatic heterocycles. The number of benzene rings is 2. The first-order valence-corrected chi connectivity index (χ1v) is 8.92. The van der Waals surface area contributed by atoms with E-state index in [0.29, 0.717) is 6.54 Å². The van der Waals surface area contributed by atoms with E-state index in [0.717, 1.165) is 17.5 Å². The molecule has 4 heteroatoms. The molecule has 0 saturated carbocycles. The Morgan fingerprint density at radius 1 is 0.842 bits per heavy atom. The van der Waals surface area contributed by atoms with Crippen molar-refractivity contribution in [1.82, 2.24) is 0 Å². The Labute approximate surface area is 115 Å². The maximum absolute atomic E-state index is 6.08. The van der Waals surface area contributed by atoms with Crippen LogP contribution in [0.3, 0.4) is 0 Å². The van der Waals surface area contributed by atoms with Crippen molar-refractivity contribution in [3.05, 3.63) is 60.7 Å². The van der Waals surface area contributed by atoms with E-state index in [1.807, 2.05) is 67.2 Å². The molecule has 0 fully saturated rings. The summed E-state index contributed by atoms with van der Waals surface area (Å²) in [6, 6.07) is 20.3. The van der Waals surface area contributed by atoms with Crippen LogP contribution in [0.5, 0.6) is 11.5 Å². The average Bonchev–Trinajstić information content (AvgIpc) is 2.41. The number of para-hydroxylation sites is 2. The Bertz CT molecular complexity index is 449. The topological polar surface area (TPSA) is 44.5 Å². The maximum atomic E-state index is 6.08. The molecule has 0 aromatic heterocycles. The summed E-state index contributed by atoms with van der Waals surface area (Å²) in [6.07, 6.45) is 0. The van der Waals surface area contributed by atoms with Gasteiger partial charge < -0.3 is 14.6 Å². The zero-order chi connectivity index (χ0) is 13.6. The number of nitrogens with two attached hydrogens (primary N) is 1. The van der Waals surface area contributed by atoms with E-state index >= 15 is 0 Å². The van der Waals surface area contributed by atoms with Crippen LogP contribution in [0.15, 0.2) is 60.7 Å². The summed E-state index contributed by atoms with van der Waals surface area (Å²) in [4.78, 5) is 0. The molecule has 19 heavy (non-hydrogen) atoms. The van der Waals surface area contributed by atoms with E-state index in [4.69, 9.17) is 14.6 Å². The van der Waals surface area contributed by atoms with E-state index in [-0.39, 0.29) is 0 Å². The highest BCUT2D eigenvalue weighted by Gasteiger charge is 2.35. The third-order valence-corrected chi connectivity index (χ3v) is 5.28. The minimum atomic E-state index is -2.36. The summed E-state index contributed by atoms with van der Waals surface area (Å²) < 4.78 is 12.2. The molecule has 100 valence electrons. The number of hydrogen-bond donors (Lipinski definition) is 1. The molecular formula is C15H19NO2Si. The SMILES string of the molecule is C[Si](CCN)(Oc1ccccc1)Oc1ccccc1. The van der Waals surface area contributed by atoms with Gasteiger partial charge in [0.2, 0.25) is 0 Å². The van der Waals surface area contributed by atoms with E-state index in [1.165, 1.54) is 0 Å². The van der Waals surface area contributed by atoms with Crippen LogP contribution in [0.25, 0.3) is 0 Å². The molecule has 0 saturated heterocycles. The highest BCUT2D eigenvalue weighted by molar-refractivity contribution is 6.67. The zero-order valence-electron chi connectivity index (χ0n) is 11.1. The minimum Gasteiger partial charge on any atom is -0.512 e. The van der Waals surface area contributed by atoms with Crippen LogP contribution in [0.1, 0.15) is 0 Å². The Kier molecular flexibility index (Phi) is 4.60. The first-order valence-electron chi connectivity index (χ1n) is 6.40. The molecule has 0 heterocycles. The van der Waals surface area contributed by atoms with Crippen molar-refractivity contribution >= 4 is 8.56 Å². The highest BCUT2D eigenvalue weighted by Crippen LogP contribution is 2.22. The average molecular weight is 273 g/mol. The molecule has 0 aliphatic rings. The standard InChI is InChI=1S/C15H19NO2Si/c1-19(13-12-16,17-14-8-4-2-5-9-14)18-15-10-6-3-7-11-15/h2-11H,12-13,16H2,1H3. The first-order chi connectivity index (χ1) is 9.22. The fraction of sp³-hybridized carbons (Fsp3) is 0.200. The molecule has 2 aromatic rings. The highest BCUT2D eigenvalue weighted by atomic mass is 28.4. The van der Waals surface area contributed by atoms with Crippen molar-refractivity contribution in [3.8, 4) is 11.5 Å². The van der Waals surface area contributed by atoms with E-state index in [1.54, 1.807) is 0 Å². The molecule has 0 radical (unpaired) electrons. The van der Waals surface area contributed by atoms with Crippen LogP contribution in [0.2, 0.25) is 12.6 Å². The van der Waals surface area contributed by atoms with Gasteiger partial charge in [-0.25, -0.2) is 0 Å². The van der Waals surface area contributed by atoms with Crippen LogP contribution in [0.4, 0.5) is 0 Å². The Hall–Kier alpha value is -1.78. The minimum absolute atomic E-state index is 0.558. The molecule has 0 bridgehead atoms. The number of rotatable bonds is 6. The maximum Gasteiger partial charge on any atom is 0.458 e. The molecule has 3 nitrogen and oxygen atoms in total. The van der Waals surface area contributed by atoms with E-state index in [9.17, 15) is 0 Å². The smallest absolute Gasteiger partial charge is 0.458 e. The molecule has 0 amide bonds. The molecule has 0 atom stereocenters. The fourth-order valence-corrected chi connectivity index (χ4v) is 3.90. The van der Waals surface area contributed by atoms with Gasteiger partial charge in [0, 0.05) is 12.6 Å². The third kappa shape index (κ3) is 4.12. The molecule has 2 N–H and O–H groups in total. The quantitative estimate of drug-likeness (QED) is 0.822. The lowest BCUT2D eigenvalue weighted by atomic mass is 10.3. The van der Waals surface area contributed by atoms with Crippen LogP contribution in [-0.4, -0.2) is 15.1 Å². The molecule has 0 aliphatic carbocycles. The summed E-state index contributed by atoms with van der Waals surface area (Å²) in [7, 11) is -2.36. The second kappa shape index (κ2) is 6.40. The van der Waals surface area contributed by atoms with Gasteiger partial charge in [-0.3, -0.25) is 0 Å². The lowest BCUT2D eigenvalue weighted by Gasteiger charge is -2.28. The normalized spacial score (nSPS) is 11.1. The van der Waals surface area contributed by atoms with Gasteiger partial charge >= 0.3 is 8.56 Å². The van der Waals surface area contributed by atoms with Gasteiger partial charge in [0.05, 0.1) is 0 Å². The van der Waals surface area contributed by atoms with Crippen LogP contribution < -0.4 is 14.6 Å². The van der Waals surface area contributed by atoms with Crippen molar-refractivity contribution in [3.63, 3.8) is 0 Å². The fourth-order valence-electron chi connectivity index (χ4n) is 1.86. The number of hydrogen-bond acceptors (Lipinski definition) is 3. The van der Waals surface area contributed by atoms with Crippen molar-refractivity contribution < 1.29 is 8.85 Å². The van der Waals surface area contributed by atoms with Crippen molar-refractivity contribution in [1.29, 1.82) is 0 Å². The third-order valence-electron chi connectivity index (χ3n) is 2.75. The van der Waals surface area contributed by atoms with E-state index < -0.39 is 8.56 Å². The zero-order valence-corrected chi connectivity index (χ0v) is 12.1. The second-order valence-electron chi connectivity index (χ2n) is 4.50. The second-order valence-corrected chi connectivity index (χ2v) is 7.68. The molecule has 0 unspecified atom stereocenters. The predicted molar refractivity (Wildman–Crippen MR) is 79.6 cm³/mol. The van der Waals surface area contributed by atoms with Crippen molar-refractivity contribution in [2.75, 3.05) is 6.54 Å². The van der Waals surface area contributed by atoms with Gasteiger partial charge in [-0.2, -0.15) is 0 Å². The summed E-state index contributed by atoms with van der Waals surface area (Å²) in [5.74, 6) is 1.67. The van der Waals surface area contributed by atoms with E-state index in [2.05, 4.69) is 0 Å². The van der Waals surface area contributed by atoms with Crippen LogP contribution in [-0.2, 0) is 0 Å². The molecular weight excluding hydrogens is 254 g/mol. The van der Waals surface area contributed by atoms with Gasteiger partial charge in [-0.15, -0.1) is 0 Å². The Morgan fingerprint density at radius 2 is 1.26 bits per heavy atom. The first kappa shape index (κ1) is 13.6. The van der Waals surface area contributed by atoms with Crippen LogP contribution in [0, 0.1) is 0 Å². The van der Waals surface area contributed by atoms with Gasteiger partial charge in [-0.05, 0) is 30.8 Å².